The van der Waals surface area contributed by atoms with Gasteiger partial charge in [-0.05, 0) is 55.8 Å². The number of fused-ring (bicyclic) bond motifs is 3. The third-order valence-electron chi connectivity index (χ3n) is 10.6. The second kappa shape index (κ2) is 12.1. The number of aromatic nitrogens is 3. The number of rotatable bonds is 7. The van der Waals surface area contributed by atoms with Gasteiger partial charge in [-0.3, -0.25) is 0 Å². The number of nitrogens with one attached hydrogen (secondary N) is 1. The van der Waals surface area contributed by atoms with Crippen LogP contribution in [0, 0.1) is 35.3 Å². The van der Waals surface area contributed by atoms with Crippen molar-refractivity contribution in [2.45, 2.75) is 50.9 Å². The van der Waals surface area contributed by atoms with E-state index in [1.807, 2.05) is 4.90 Å². The molecule has 2 saturated heterocycles. The summed E-state index contributed by atoms with van der Waals surface area (Å²) in [5.74, 6) is -0.264. The van der Waals surface area contributed by atoms with E-state index >= 15 is 4.39 Å². The molecule has 2 N–H and O–H groups in total. The number of hydrogen-bond donors (Lipinski definition) is 2. The van der Waals surface area contributed by atoms with E-state index in [9.17, 15) is 22.7 Å². The summed E-state index contributed by atoms with van der Waals surface area (Å²) < 4.78 is 84.5. The van der Waals surface area contributed by atoms with Gasteiger partial charge in [-0.15, -0.1) is 6.42 Å². The molecule has 14 heteroatoms. The maximum Gasteiger partial charge on any atom is 0.393 e. The van der Waals surface area contributed by atoms with Gasteiger partial charge in [0.2, 0.25) is 5.88 Å². The van der Waals surface area contributed by atoms with Crippen molar-refractivity contribution in [1.82, 2.24) is 25.2 Å². The molecule has 5 heterocycles. The van der Waals surface area contributed by atoms with Crippen molar-refractivity contribution in [3.8, 4) is 41.2 Å². The third-order valence-corrected chi connectivity index (χ3v) is 10.6. The van der Waals surface area contributed by atoms with Gasteiger partial charge in [0.05, 0.1) is 24.1 Å². The van der Waals surface area contributed by atoms with Crippen LogP contribution >= 0.6 is 0 Å². The van der Waals surface area contributed by atoms with Gasteiger partial charge in [0.25, 0.3) is 0 Å². The molecule has 3 fully saturated rings. The van der Waals surface area contributed by atoms with E-state index in [1.54, 1.807) is 0 Å². The highest BCUT2D eigenvalue weighted by Gasteiger charge is 2.49. The molecule has 0 amide bonds. The molecular formula is C36H35F5N6O3. The molecule has 1 aliphatic carbocycles. The second-order valence-electron chi connectivity index (χ2n) is 13.9. The zero-order valence-electron chi connectivity index (χ0n) is 27.3. The molecule has 2 aromatic carbocycles. The van der Waals surface area contributed by atoms with Gasteiger partial charge in [0.15, 0.2) is 5.82 Å². The van der Waals surface area contributed by atoms with Crippen LogP contribution in [0.4, 0.5) is 27.8 Å². The van der Waals surface area contributed by atoms with Crippen LogP contribution in [0.3, 0.4) is 0 Å². The minimum Gasteiger partial charge on any atom is -0.508 e. The molecular weight excluding hydrogens is 659 g/mol. The molecule has 4 aromatic rings. The lowest BCUT2D eigenvalue weighted by Gasteiger charge is -2.41. The van der Waals surface area contributed by atoms with Gasteiger partial charge in [0.1, 0.15) is 40.6 Å². The number of aromatic hydroxyl groups is 1. The molecule has 3 atom stereocenters. The van der Waals surface area contributed by atoms with Gasteiger partial charge >= 0.3 is 12.2 Å². The molecule has 0 bridgehead atoms. The number of hydrogen-bond acceptors (Lipinski definition) is 9. The molecule has 0 unspecified atom stereocenters. The van der Waals surface area contributed by atoms with E-state index in [4.69, 9.17) is 20.9 Å². The van der Waals surface area contributed by atoms with Gasteiger partial charge in [-0.2, -0.15) is 23.1 Å². The summed E-state index contributed by atoms with van der Waals surface area (Å²) in [5, 5.41) is 15.0. The average Bonchev–Trinajstić information content (AvgIpc) is 3.73. The fourth-order valence-corrected chi connectivity index (χ4v) is 7.81. The number of phenols is 1. The lowest BCUT2D eigenvalue weighted by molar-refractivity contribution is -0.170. The number of terminal acetylenes is 1. The largest absolute Gasteiger partial charge is 0.508 e. The standard InChI is InChI=1S/C36H35F5N6O3/c1-3-22-24(37)6-5-19-13-21(48)14-23(27(19)22)30-29(38)31-28-32(47-12-10-42-25(4-2)26(47)16-49-33(28)43-30)45-34(44-31)50-18-35(8-9-35)17-46-11-7-20(15-46)36(39,40)41/h1,5-6,13-14,20,25-26,42,48H,4,7-12,15-18H2,2H3/t20-,25-,26+/m0/s1. The van der Waals surface area contributed by atoms with Crippen molar-refractivity contribution in [3.05, 3.63) is 41.5 Å². The molecule has 50 heavy (non-hydrogen) atoms. The Morgan fingerprint density at radius 1 is 1.14 bits per heavy atom. The smallest absolute Gasteiger partial charge is 0.393 e. The number of likely N-dealkylation sites (tertiary alicyclic amines) is 1. The predicted octanol–water partition coefficient (Wildman–Crippen LogP) is 5.80. The van der Waals surface area contributed by atoms with Crippen LogP contribution in [-0.2, 0) is 0 Å². The number of anilines is 1. The van der Waals surface area contributed by atoms with Crippen molar-refractivity contribution in [1.29, 1.82) is 0 Å². The van der Waals surface area contributed by atoms with E-state index in [1.165, 1.54) is 24.3 Å². The highest BCUT2D eigenvalue weighted by Crippen LogP contribution is 2.49. The Kier molecular flexibility index (Phi) is 7.91. The Bertz CT molecular complexity index is 2050. The number of phenolic OH excluding ortho intramolecular Hbond substituents is 1. The number of ether oxygens (including phenoxy) is 2. The minimum atomic E-state index is -4.22. The number of nitrogens with zero attached hydrogens (tertiary/aromatic N) is 5. The highest BCUT2D eigenvalue weighted by molar-refractivity contribution is 6.04. The van der Waals surface area contributed by atoms with Crippen LogP contribution in [0.15, 0.2) is 24.3 Å². The van der Waals surface area contributed by atoms with Gasteiger partial charge < -0.3 is 29.7 Å². The SMILES string of the molecule is C#Cc1c(F)ccc2cc(O)cc(-c3nc4c5c(nc(OCC6(CN7CC[C@H](C(F)(F)F)C7)CC6)nc5c3F)N3CCN[C@@H](CC)[C@H]3CO4)c12. The van der Waals surface area contributed by atoms with Crippen molar-refractivity contribution in [3.63, 3.8) is 0 Å². The summed E-state index contributed by atoms with van der Waals surface area (Å²) in [5.41, 5.74) is -0.789. The summed E-state index contributed by atoms with van der Waals surface area (Å²) in [4.78, 5) is 17.9. The summed E-state index contributed by atoms with van der Waals surface area (Å²) in [6.07, 6.45) is 3.90. The maximum atomic E-state index is 17.0. The van der Waals surface area contributed by atoms with E-state index in [-0.39, 0.29) is 94.4 Å². The molecule has 0 radical (unpaired) electrons. The summed E-state index contributed by atoms with van der Waals surface area (Å²) >= 11 is 0. The minimum absolute atomic E-state index is 0.0312. The Balaban J connectivity index is 1.23. The van der Waals surface area contributed by atoms with Crippen LogP contribution in [0.1, 0.15) is 38.2 Å². The number of piperazine rings is 1. The number of benzene rings is 2. The predicted molar refractivity (Wildman–Crippen MR) is 176 cm³/mol. The van der Waals surface area contributed by atoms with E-state index in [2.05, 4.69) is 33.0 Å². The second-order valence-corrected chi connectivity index (χ2v) is 13.9. The quantitative estimate of drug-likeness (QED) is 0.184. The first-order chi connectivity index (χ1) is 24.0. The fourth-order valence-electron chi connectivity index (χ4n) is 7.81. The van der Waals surface area contributed by atoms with Crippen molar-refractivity contribution >= 4 is 27.5 Å². The topological polar surface area (TPSA) is 95.9 Å². The van der Waals surface area contributed by atoms with Crippen LogP contribution in [-0.4, -0.2) is 89.2 Å². The Hall–Kier alpha value is -4.48. The molecule has 9 nitrogen and oxygen atoms in total. The van der Waals surface area contributed by atoms with Crippen LogP contribution in [0.5, 0.6) is 17.6 Å². The normalized spacial score (nSPS) is 23.0. The van der Waals surface area contributed by atoms with Gasteiger partial charge in [-0.1, -0.05) is 18.9 Å². The number of halogens is 5. The van der Waals surface area contributed by atoms with Crippen molar-refractivity contribution in [2.24, 2.45) is 11.3 Å². The molecule has 8 rings (SSSR count). The monoisotopic (exact) mass is 694 g/mol. The zero-order chi connectivity index (χ0) is 34.9. The molecule has 0 spiro atoms. The summed E-state index contributed by atoms with van der Waals surface area (Å²) in [6, 6.07) is 5.08. The van der Waals surface area contributed by atoms with Gasteiger partial charge in [0, 0.05) is 48.6 Å². The molecule has 4 aliphatic rings. The molecule has 3 aliphatic heterocycles. The molecule has 2 aromatic heterocycles. The number of alkyl halides is 3. The van der Waals surface area contributed by atoms with E-state index in [0.717, 1.165) is 19.3 Å². The number of pyridine rings is 1. The van der Waals surface area contributed by atoms with Crippen LogP contribution < -0.4 is 19.7 Å². The lowest BCUT2D eigenvalue weighted by atomic mass is 9.95. The Morgan fingerprint density at radius 3 is 2.68 bits per heavy atom. The van der Waals surface area contributed by atoms with Crippen molar-refractivity contribution < 1.29 is 36.5 Å². The van der Waals surface area contributed by atoms with Crippen LogP contribution in [0.25, 0.3) is 32.9 Å². The Morgan fingerprint density at radius 2 is 1.96 bits per heavy atom. The average molecular weight is 695 g/mol. The first-order valence-electron chi connectivity index (χ1n) is 16.9. The fraction of sp³-hybridized carbons (Fsp3) is 0.472. The lowest BCUT2D eigenvalue weighted by Crippen LogP contribution is -2.60. The van der Waals surface area contributed by atoms with Gasteiger partial charge in [-0.25, -0.2) is 13.8 Å². The van der Waals surface area contributed by atoms with E-state index < -0.39 is 23.7 Å². The zero-order valence-corrected chi connectivity index (χ0v) is 27.3. The maximum absolute atomic E-state index is 17.0. The third kappa shape index (κ3) is 5.60. The highest BCUT2D eigenvalue weighted by atomic mass is 19.4. The summed E-state index contributed by atoms with van der Waals surface area (Å²) in [6.45, 7) is 4.38. The van der Waals surface area contributed by atoms with Crippen molar-refractivity contribution in [2.75, 3.05) is 50.8 Å². The first kappa shape index (κ1) is 32.7. The first-order valence-corrected chi connectivity index (χ1v) is 16.9. The molecule has 1 saturated carbocycles. The summed E-state index contributed by atoms with van der Waals surface area (Å²) in [7, 11) is 0. The molecule has 262 valence electrons. The van der Waals surface area contributed by atoms with E-state index in [0.29, 0.717) is 37.4 Å². The van der Waals surface area contributed by atoms with Crippen LogP contribution in [0.2, 0.25) is 0 Å². The Labute approximate surface area is 284 Å².